The quantitative estimate of drug-likeness (QED) is 0.708. The summed E-state index contributed by atoms with van der Waals surface area (Å²) in [5, 5.41) is 2.29. The van der Waals surface area contributed by atoms with E-state index >= 15 is 0 Å². The molecule has 100 valence electrons. The predicted octanol–water partition coefficient (Wildman–Crippen LogP) is -0.364. The fraction of sp³-hybridized carbons (Fsp3) is 1.00. The Kier molecular flexibility index (Phi) is 4.76. The van der Waals surface area contributed by atoms with Crippen molar-refractivity contribution < 1.29 is 4.74 Å². The van der Waals surface area contributed by atoms with Crippen LogP contribution >= 0.6 is 0 Å². The molecule has 2 fully saturated rings. The van der Waals surface area contributed by atoms with Crippen molar-refractivity contribution in [3.05, 3.63) is 0 Å². The average molecular weight is 242 g/mol. The van der Waals surface area contributed by atoms with Gasteiger partial charge in [-0.05, 0) is 39.4 Å². The lowest BCUT2D eigenvalue weighted by atomic mass is 9.91. The average Bonchev–Trinajstić information content (AvgIpc) is 2.54. The van der Waals surface area contributed by atoms with Crippen LogP contribution in [0.3, 0.4) is 0 Å². The SMILES string of the molecule is CN1CCCC(CN)(NN2CCOCC2)CC1. The number of morpholine rings is 1. The Bertz CT molecular complexity index is 233. The van der Waals surface area contributed by atoms with Crippen molar-refractivity contribution in [1.29, 1.82) is 0 Å². The van der Waals surface area contributed by atoms with Crippen LogP contribution in [0, 0.1) is 0 Å². The second kappa shape index (κ2) is 6.11. The van der Waals surface area contributed by atoms with E-state index in [4.69, 9.17) is 10.5 Å². The molecule has 0 saturated carbocycles. The van der Waals surface area contributed by atoms with Gasteiger partial charge in [-0.1, -0.05) is 0 Å². The molecular weight excluding hydrogens is 216 g/mol. The maximum absolute atomic E-state index is 6.03. The lowest BCUT2D eigenvalue weighted by molar-refractivity contribution is -0.0142. The van der Waals surface area contributed by atoms with E-state index in [-0.39, 0.29) is 5.54 Å². The fourth-order valence-electron chi connectivity index (χ4n) is 2.70. The molecule has 2 aliphatic rings. The summed E-state index contributed by atoms with van der Waals surface area (Å²) in [5.74, 6) is 0. The third kappa shape index (κ3) is 3.63. The molecule has 0 aromatic heterocycles. The molecular formula is C12H26N4O. The van der Waals surface area contributed by atoms with Crippen molar-refractivity contribution in [2.24, 2.45) is 5.73 Å². The molecule has 2 rings (SSSR count). The van der Waals surface area contributed by atoms with Crippen LogP contribution < -0.4 is 11.2 Å². The summed E-state index contributed by atoms with van der Waals surface area (Å²) >= 11 is 0. The molecule has 0 aromatic rings. The Morgan fingerprint density at radius 2 is 1.94 bits per heavy atom. The van der Waals surface area contributed by atoms with E-state index in [0.29, 0.717) is 0 Å². The Morgan fingerprint density at radius 3 is 2.65 bits per heavy atom. The Hall–Kier alpha value is -0.200. The molecule has 0 spiro atoms. The van der Waals surface area contributed by atoms with Crippen molar-refractivity contribution in [2.75, 3.05) is 53.0 Å². The number of hydrogen-bond acceptors (Lipinski definition) is 5. The van der Waals surface area contributed by atoms with Crippen LogP contribution in [0.25, 0.3) is 0 Å². The van der Waals surface area contributed by atoms with Gasteiger partial charge in [0.05, 0.1) is 13.2 Å². The van der Waals surface area contributed by atoms with E-state index in [1.165, 1.54) is 19.4 Å². The van der Waals surface area contributed by atoms with Crippen LogP contribution in [0.2, 0.25) is 0 Å². The van der Waals surface area contributed by atoms with E-state index in [1.807, 2.05) is 0 Å². The lowest BCUT2D eigenvalue weighted by Crippen LogP contribution is -2.60. The molecule has 1 unspecified atom stereocenters. The van der Waals surface area contributed by atoms with Gasteiger partial charge in [0.25, 0.3) is 0 Å². The fourth-order valence-corrected chi connectivity index (χ4v) is 2.70. The minimum absolute atomic E-state index is 0.0993. The zero-order chi connectivity index (χ0) is 12.1. The predicted molar refractivity (Wildman–Crippen MR) is 68.7 cm³/mol. The summed E-state index contributed by atoms with van der Waals surface area (Å²) in [6.45, 7) is 6.63. The van der Waals surface area contributed by atoms with Crippen LogP contribution in [-0.4, -0.2) is 68.4 Å². The number of hydrogen-bond donors (Lipinski definition) is 2. The van der Waals surface area contributed by atoms with Crippen molar-refractivity contribution in [1.82, 2.24) is 15.3 Å². The van der Waals surface area contributed by atoms with Crippen molar-refractivity contribution in [3.63, 3.8) is 0 Å². The molecule has 0 aliphatic carbocycles. The van der Waals surface area contributed by atoms with Gasteiger partial charge in [-0.25, -0.2) is 10.4 Å². The highest BCUT2D eigenvalue weighted by atomic mass is 16.5. The monoisotopic (exact) mass is 242 g/mol. The normalized spacial score (nSPS) is 33.5. The third-order valence-corrected chi connectivity index (χ3v) is 3.96. The molecule has 2 saturated heterocycles. The van der Waals surface area contributed by atoms with Crippen LogP contribution in [0.5, 0.6) is 0 Å². The zero-order valence-electron chi connectivity index (χ0n) is 11.0. The minimum atomic E-state index is 0.0993. The second-order valence-corrected chi connectivity index (χ2v) is 5.35. The van der Waals surface area contributed by atoms with Gasteiger partial charge in [0.2, 0.25) is 0 Å². The Balaban J connectivity index is 1.92. The van der Waals surface area contributed by atoms with Gasteiger partial charge in [-0.15, -0.1) is 0 Å². The first-order valence-electron chi connectivity index (χ1n) is 6.73. The third-order valence-electron chi connectivity index (χ3n) is 3.96. The molecule has 5 heteroatoms. The van der Waals surface area contributed by atoms with Gasteiger partial charge in [0, 0.05) is 25.2 Å². The highest BCUT2D eigenvalue weighted by Gasteiger charge is 2.32. The summed E-state index contributed by atoms with van der Waals surface area (Å²) in [5.41, 5.74) is 9.81. The number of likely N-dealkylation sites (tertiary alicyclic amines) is 1. The van der Waals surface area contributed by atoms with Crippen molar-refractivity contribution in [2.45, 2.75) is 24.8 Å². The minimum Gasteiger partial charge on any atom is -0.379 e. The van der Waals surface area contributed by atoms with Crippen LogP contribution in [0.4, 0.5) is 0 Å². The summed E-state index contributed by atoms with van der Waals surface area (Å²) in [6, 6.07) is 0. The van der Waals surface area contributed by atoms with Gasteiger partial charge >= 0.3 is 0 Å². The molecule has 2 heterocycles. The Morgan fingerprint density at radius 1 is 1.18 bits per heavy atom. The first kappa shape index (κ1) is 13.2. The van der Waals surface area contributed by atoms with Crippen LogP contribution in [0.1, 0.15) is 19.3 Å². The maximum atomic E-state index is 6.03. The molecule has 2 aliphatic heterocycles. The van der Waals surface area contributed by atoms with Gasteiger partial charge in [-0.3, -0.25) is 0 Å². The number of nitrogens with one attached hydrogen (secondary N) is 1. The van der Waals surface area contributed by atoms with E-state index in [0.717, 1.165) is 45.8 Å². The number of ether oxygens (including phenoxy) is 1. The number of hydrazine groups is 1. The molecule has 0 aromatic carbocycles. The van der Waals surface area contributed by atoms with Crippen LogP contribution in [-0.2, 0) is 4.74 Å². The smallest absolute Gasteiger partial charge is 0.0608 e. The number of nitrogens with two attached hydrogens (primary N) is 1. The number of nitrogens with zero attached hydrogens (tertiary/aromatic N) is 2. The van der Waals surface area contributed by atoms with E-state index < -0.39 is 0 Å². The van der Waals surface area contributed by atoms with Gasteiger partial charge in [0.15, 0.2) is 0 Å². The summed E-state index contributed by atoms with van der Waals surface area (Å²) < 4.78 is 5.38. The molecule has 0 radical (unpaired) electrons. The topological polar surface area (TPSA) is 53.8 Å². The lowest BCUT2D eigenvalue weighted by Gasteiger charge is -2.40. The van der Waals surface area contributed by atoms with E-state index in [2.05, 4.69) is 22.4 Å². The first-order chi connectivity index (χ1) is 8.24. The molecule has 0 amide bonds. The molecule has 17 heavy (non-hydrogen) atoms. The Labute approximate surface area is 104 Å². The van der Waals surface area contributed by atoms with Gasteiger partial charge in [-0.2, -0.15) is 0 Å². The van der Waals surface area contributed by atoms with Crippen LogP contribution in [0.15, 0.2) is 0 Å². The second-order valence-electron chi connectivity index (χ2n) is 5.35. The van der Waals surface area contributed by atoms with Gasteiger partial charge < -0.3 is 15.4 Å². The zero-order valence-corrected chi connectivity index (χ0v) is 11.0. The van der Waals surface area contributed by atoms with Crippen molar-refractivity contribution >= 4 is 0 Å². The van der Waals surface area contributed by atoms with E-state index in [1.54, 1.807) is 0 Å². The number of rotatable bonds is 3. The highest BCUT2D eigenvalue weighted by molar-refractivity contribution is 4.91. The molecule has 3 N–H and O–H groups in total. The summed E-state index contributed by atoms with van der Waals surface area (Å²) in [6.07, 6.45) is 3.54. The molecule has 5 nitrogen and oxygen atoms in total. The summed E-state index contributed by atoms with van der Waals surface area (Å²) in [7, 11) is 2.20. The first-order valence-corrected chi connectivity index (χ1v) is 6.73. The standard InChI is InChI=1S/C12H26N4O/c1-15-5-2-3-12(11-13,4-6-15)14-16-7-9-17-10-8-16/h14H,2-11,13H2,1H3. The highest BCUT2D eigenvalue weighted by Crippen LogP contribution is 2.21. The molecule has 0 bridgehead atoms. The van der Waals surface area contributed by atoms with Gasteiger partial charge in [0.1, 0.15) is 0 Å². The largest absolute Gasteiger partial charge is 0.379 e. The van der Waals surface area contributed by atoms with Crippen molar-refractivity contribution in [3.8, 4) is 0 Å². The molecule has 1 atom stereocenters. The summed E-state index contributed by atoms with van der Waals surface area (Å²) in [4.78, 5) is 2.40. The van der Waals surface area contributed by atoms with E-state index in [9.17, 15) is 0 Å². The maximum Gasteiger partial charge on any atom is 0.0608 e.